The first-order valence-electron chi connectivity index (χ1n) is 5.79. The molecule has 0 aliphatic carbocycles. The molecule has 15 heavy (non-hydrogen) atoms. The van der Waals surface area contributed by atoms with Gasteiger partial charge >= 0.3 is 0 Å². The minimum atomic E-state index is -0.00825. The highest BCUT2D eigenvalue weighted by molar-refractivity contribution is 7.98. The Hall–Kier alpha value is 0.270. The van der Waals surface area contributed by atoms with E-state index in [-0.39, 0.29) is 5.60 Å². The van der Waals surface area contributed by atoms with Crippen LogP contribution in [0, 0.1) is 0 Å². The van der Waals surface area contributed by atoms with Crippen molar-refractivity contribution in [2.75, 3.05) is 25.7 Å². The van der Waals surface area contributed by atoms with Crippen LogP contribution in [0.1, 0.15) is 40.0 Å². The number of hydrogen-bond donors (Lipinski definition) is 1. The first-order chi connectivity index (χ1) is 7.02. The lowest BCUT2D eigenvalue weighted by Gasteiger charge is -2.27. The summed E-state index contributed by atoms with van der Waals surface area (Å²) in [7, 11) is 1.78. The van der Waals surface area contributed by atoms with Crippen molar-refractivity contribution in [3.05, 3.63) is 0 Å². The second-order valence-electron chi connectivity index (χ2n) is 4.72. The van der Waals surface area contributed by atoms with Gasteiger partial charge in [0.25, 0.3) is 0 Å². The van der Waals surface area contributed by atoms with Gasteiger partial charge < -0.3 is 10.1 Å². The smallest absolute Gasteiger partial charge is 0.0637 e. The molecule has 1 N–H and O–H groups in total. The second kappa shape index (κ2) is 8.43. The molecule has 0 aromatic heterocycles. The Labute approximate surface area is 99.5 Å². The van der Waals surface area contributed by atoms with E-state index in [0.29, 0.717) is 6.04 Å². The lowest BCUT2D eigenvalue weighted by Crippen LogP contribution is -2.36. The molecule has 92 valence electrons. The molecule has 0 radical (unpaired) electrons. The molecule has 0 aliphatic rings. The Morgan fingerprint density at radius 2 is 2.00 bits per heavy atom. The van der Waals surface area contributed by atoms with Crippen molar-refractivity contribution in [1.82, 2.24) is 5.32 Å². The molecule has 0 spiro atoms. The van der Waals surface area contributed by atoms with Gasteiger partial charge in [-0.25, -0.2) is 0 Å². The van der Waals surface area contributed by atoms with Gasteiger partial charge in [0, 0.05) is 13.2 Å². The van der Waals surface area contributed by atoms with Crippen molar-refractivity contribution < 1.29 is 4.74 Å². The zero-order chi connectivity index (χ0) is 11.7. The molecule has 0 aromatic rings. The topological polar surface area (TPSA) is 21.3 Å². The Kier molecular flexibility index (Phi) is 8.58. The van der Waals surface area contributed by atoms with Crippen LogP contribution in [-0.4, -0.2) is 37.3 Å². The van der Waals surface area contributed by atoms with Crippen molar-refractivity contribution in [3.8, 4) is 0 Å². The lowest BCUT2D eigenvalue weighted by atomic mass is 10.00. The molecule has 1 unspecified atom stereocenters. The fourth-order valence-electron chi connectivity index (χ4n) is 1.61. The van der Waals surface area contributed by atoms with Gasteiger partial charge in [-0.05, 0) is 58.6 Å². The third kappa shape index (κ3) is 9.21. The first kappa shape index (κ1) is 15.3. The monoisotopic (exact) mass is 233 g/mol. The molecule has 0 aliphatic heterocycles. The molecule has 1 atom stereocenters. The zero-order valence-electron chi connectivity index (χ0n) is 10.9. The molecule has 0 fully saturated rings. The van der Waals surface area contributed by atoms with Gasteiger partial charge in [0.1, 0.15) is 0 Å². The summed E-state index contributed by atoms with van der Waals surface area (Å²) in [5.41, 5.74) is -0.00825. The molecule has 0 rings (SSSR count). The van der Waals surface area contributed by atoms with Crippen molar-refractivity contribution in [2.24, 2.45) is 0 Å². The predicted molar refractivity (Wildman–Crippen MR) is 70.8 cm³/mol. The predicted octanol–water partition coefficient (Wildman–Crippen LogP) is 2.92. The van der Waals surface area contributed by atoms with E-state index < -0.39 is 0 Å². The van der Waals surface area contributed by atoms with Crippen LogP contribution in [0.3, 0.4) is 0 Å². The summed E-state index contributed by atoms with van der Waals surface area (Å²) in [5.74, 6) is 1.28. The van der Waals surface area contributed by atoms with Gasteiger partial charge in [-0.15, -0.1) is 0 Å². The van der Waals surface area contributed by atoms with Crippen molar-refractivity contribution in [2.45, 2.75) is 51.7 Å². The maximum absolute atomic E-state index is 5.41. The van der Waals surface area contributed by atoms with Crippen LogP contribution in [0.2, 0.25) is 0 Å². The minimum Gasteiger partial charge on any atom is -0.379 e. The maximum atomic E-state index is 5.41. The molecule has 0 saturated carbocycles. The second-order valence-corrected chi connectivity index (χ2v) is 5.71. The molecule has 0 amide bonds. The number of unbranched alkanes of at least 4 members (excludes halogenated alkanes) is 1. The number of methoxy groups -OCH3 is 1. The highest BCUT2D eigenvalue weighted by Crippen LogP contribution is 2.15. The number of thioether (sulfide) groups is 1. The van der Waals surface area contributed by atoms with Gasteiger partial charge in [-0.2, -0.15) is 11.8 Å². The third-order valence-corrected chi connectivity index (χ3v) is 3.32. The van der Waals surface area contributed by atoms with Crippen LogP contribution in [0.25, 0.3) is 0 Å². The summed E-state index contributed by atoms with van der Waals surface area (Å²) in [6.45, 7) is 7.63. The first-order valence-corrected chi connectivity index (χ1v) is 7.18. The molecule has 0 aromatic carbocycles. The number of ether oxygens (including phenoxy) is 1. The van der Waals surface area contributed by atoms with E-state index in [9.17, 15) is 0 Å². The molecule has 2 nitrogen and oxygen atoms in total. The maximum Gasteiger partial charge on any atom is 0.0637 e. The SMILES string of the molecule is COC(C)(C)CC(C)NCCCCSC. The van der Waals surface area contributed by atoms with E-state index in [1.165, 1.54) is 18.6 Å². The van der Waals surface area contributed by atoms with E-state index in [4.69, 9.17) is 4.74 Å². The molecular formula is C12H27NOS. The van der Waals surface area contributed by atoms with Crippen LogP contribution in [0.4, 0.5) is 0 Å². The summed E-state index contributed by atoms with van der Waals surface area (Å²) in [5, 5.41) is 3.54. The molecule has 3 heteroatoms. The average Bonchev–Trinajstić information content (AvgIpc) is 2.17. The van der Waals surface area contributed by atoms with Gasteiger partial charge in [0.05, 0.1) is 5.60 Å². The third-order valence-electron chi connectivity index (χ3n) is 2.62. The van der Waals surface area contributed by atoms with Gasteiger partial charge in [0.15, 0.2) is 0 Å². The van der Waals surface area contributed by atoms with E-state index >= 15 is 0 Å². The quantitative estimate of drug-likeness (QED) is 0.619. The van der Waals surface area contributed by atoms with Crippen molar-refractivity contribution in [1.29, 1.82) is 0 Å². The Morgan fingerprint density at radius 1 is 1.33 bits per heavy atom. The van der Waals surface area contributed by atoms with Crippen LogP contribution in [-0.2, 0) is 4.74 Å². The Bertz CT molecular complexity index is 151. The van der Waals surface area contributed by atoms with Gasteiger partial charge in [-0.3, -0.25) is 0 Å². The summed E-state index contributed by atoms with van der Waals surface area (Å²) in [4.78, 5) is 0. The molecule has 0 bridgehead atoms. The van der Waals surface area contributed by atoms with Crippen LogP contribution >= 0.6 is 11.8 Å². The lowest BCUT2D eigenvalue weighted by molar-refractivity contribution is 0.00860. The minimum absolute atomic E-state index is 0.00825. The van der Waals surface area contributed by atoms with E-state index in [2.05, 4.69) is 32.3 Å². The highest BCUT2D eigenvalue weighted by Gasteiger charge is 2.19. The van der Waals surface area contributed by atoms with Crippen molar-refractivity contribution in [3.63, 3.8) is 0 Å². The fraction of sp³-hybridized carbons (Fsp3) is 1.00. The Morgan fingerprint density at radius 3 is 2.53 bits per heavy atom. The van der Waals surface area contributed by atoms with Gasteiger partial charge in [-0.1, -0.05) is 0 Å². The van der Waals surface area contributed by atoms with Crippen LogP contribution < -0.4 is 5.32 Å². The highest BCUT2D eigenvalue weighted by atomic mass is 32.2. The summed E-state index contributed by atoms with van der Waals surface area (Å²) >= 11 is 1.93. The zero-order valence-corrected chi connectivity index (χ0v) is 11.7. The fourth-order valence-corrected chi connectivity index (χ4v) is 2.11. The number of hydrogen-bond acceptors (Lipinski definition) is 3. The molecule has 0 heterocycles. The van der Waals surface area contributed by atoms with E-state index in [1.54, 1.807) is 7.11 Å². The van der Waals surface area contributed by atoms with Crippen LogP contribution in [0.15, 0.2) is 0 Å². The standard InChI is InChI=1S/C12H27NOS/c1-11(10-12(2,3)14-4)13-8-6-7-9-15-5/h11,13H,6-10H2,1-5H3. The number of rotatable bonds is 9. The van der Waals surface area contributed by atoms with E-state index in [0.717, 1.165) is 13.0 Å². The van der Waals surface area contributed by atoms with E-state index in [1.807, 2.05) is 11.8 Å². The summed E-state index contributed by atoms with van der Waals surface area (Å²) < 4.78 is 5.41. The normalized spacial score (nSPS) is 14.2. The summed E-state index contributed by atoms with van der Waals surface area (Å²) in [6, 6.07) is 0.536. The molecule has 0 saturated heterocycles. The van der Waals surface area contributed by atoms with Gasteiger partial charge in [0.2, 0.25) is 0 Å². The molecular weight excluding hydrogens is 206 g/mol. The summed E-state index contributed by atoms with van der Waals surface area (Å²) in [6.07, 6.45) is 5.82. The Balaban J connectivity index is 3.45. The van der Waals surface area contributed by atoms with Crippen LogP contribution in [0.5, 0.6) is 0 Å². The average molecular weight is 233 g/mol. The number of nitrogens with one attached hydrogen (secondary N) is 1. The largest absolute Gasteiger partial charge is 0.379 e. The van der Waals surface area contributed by atoms with Crippen molar-refractivity contribution >= 4 is 11.8 Å².